The van der Waals surface area contributed by atoms with Crippen LogP contribution in [0.25, 0.3) is 0 Å². The lowest BCUT2D eigenvalue weighted by Crippen LogP contribution is -2.16. The Hall–Kier alpha value is -0.0600. The fourth-order valence-corrected chi connectivity index (χ4v) is 4.68. The molecule has 1 fully saturated rings. The maximum Gasteiger partial charge on any atom is 0.0954 e. The van der Waals surface area contributed by atoms with Gasteiger partial charge in [-0.25, -0.2) is 4.98 Å². The van der Waals surface area contributed by atoms with E-state index in [9.17, 15) is 5.11 Å². The molecule has 1 aliphatic rings. The highest BCUT2D eigenvalue weighted by Crippen LogP contribution is 2.30. The van der Waals surface area contributed by atoms with Crippen LogP contribution in [0.2, 0.25) is 0 Å². The third kappa shape index (κ3) is 4.76. The molecule has 108 valence electrons. The van der Waals surface area contributed by atoms with Crippen molar-refractivity contribution < 1.29 is 5.11 Å². The molecule has 2 nitrogen and oxygen atoms in total. The molecule has 1 saturated carbocycles. The van der Waals surface area contributed by atoms with Gasteiger partial charge in [-0.05, 0) is 12.8 Å². The van der Waals surface area contributed by atoms with Crippen molar-refractivity contribution in [3.8, 4) is 0 Å². The van der Waals surface area contributed by atoms with E-state index in [-0.39, 0.29) is 11.5 Å². The summed E-state index contributed by atoms with van der Waals surface area (Å²) < 4.78 is 0. The van der Waals surface area contributed by atoms with Gasteiger partial charge in [-0.1, -0.05) is 33.6 Å². The van der Waals surface area contributed by atoms with Crippen molar-refractivity contribution in [1.29, 1.82) is 0 Å². The Balaban J connectivity index is 1.78. The van der Waals surface area contributed by atoms with E-state index in [1.165, 1.54) is 25.7 Å². The maximum atomic E-state index is 10.1. The standard InChI is InChI=1S/C15H25NOS2/c1-15(2,3)13-10-19-14(16-13)8-11(17)9-18-12-6-4-5-7-12/h10-12,17H,4-9H2,1-3H3. The Kier molecular flexibility index (Phi) is 5.32. The van der Waals surface area contributed by atoms with Crippen LogP contribution in [0.1, 0.15) is 57.2 Å². The first-order chi connectivity index (χ1) is 8.95. The molecule has 1 atom stereocenters. The Morgan fingerprint density at radius 3 is 2.68 bits per heavy atom. The quantitative estimate of drug-likeness (QED) is 0.891. The van der Waals surface area contributed by atoms with Gasteiger partial charge in [0.05, 0.1) is 16.8 Å². The summed E-state index contributed by atoms with van der Waals surface area (Å²) in [4.78, 5) is 4.65. The predicted octanol–water partition coefficient (Wildman–Crippen LogP) is 4.02. The molecular weight excluding hydrogens is 274 g/mol. The summed E-state index contributed by atoms with van der Waals surface area (Å²) in [7, 11) is 0. The monoisotopic (exact) mass is 299 g/mol. The molecule has 4 heteroatoms. The van der Waals surface area contributed by atoms with Crippen LogP contribution in [0.4, 0.5) is 0 Å². The van der Waals surface area contributed by atoms with Crippen molar-refractivity contribution in [2.24, 2.45) is 0 Å². The second-order valence-electron chi connectivity index (χ2n) is 6.47. The largest absolute Gasteiger partial charge is 0.392 e. The molecule has 1 aliphatic carbocycles. The summed E-state index contributed by atoms with van der Waals surface area (Å²) in [6.45, 7) is 6.54. The Morgan fingerprint density at radius 1 is 1.42 bits per heavy atom. The molecule has 1 heterocycles. The number of aliphatic hydroxyl groups excluding tert-OH is 1. The number of hydrogen-bond acceptors (Lipinski definition) is 4. The minimum Gasteiger partial charge on any atom is -0.392 e. The fraction of sp³-hybridized carbons (Fsp3) is 0.800. The molecule has 0 bridgehead atoms. The zero-order valence-corrected chi connectivity index (χ0v) is 13.8. The summed E-state index contributed by atoms with van der Waals surface area (Å²) >= 11 is 3.63. The topological polar surface area (TPSA) is 33.1 Å². The van der Waals surface area contributed by atoms with E-state index in [1.54, 1.807) is 11.3 Å². The molecule has 1 N–H and O–H groups in total. The van der Waals surface area contributed by atoms with Crippen LogP contribution in [0.15, 0.2) is 5.38 Å². The van der Waals surface area contributed by atoms with Crippen molar-refractivity contribution >= 4 is 23.1 Å². The third-order valence-corrected chi connectivity index (χ3v) is 5.95. The van der Waals surface area contributed by atoms with Gasteiger partial charge in [0.2, 0.25) is 0 Å². The highest BCUT2D eigenvalue weighted by atomic mass is 32.2. The van der Waals surface area contributed by atoms with Crippen LogP contribution in [0.5, 0.6) is 0 Å². The first kappa shape index (κ1) is 15.3. The second-order valence-corrected chi connectivity index (χ2v) is 8.75. The molecule has 0 saturated heterocycles. The summed E-state index contributed by atoms with van der Waals surface area (Å²) in [5.74, 6) is 0.856. The van der Waals surface area contributed by atoms with Gasteiger partial charge in [0.15, 0.2) is 0 Å². The smallest absolute Gasteiger partial charge is 0.0954 e. The van der Waals surface area contributed by atoms with Gasteiger partial charge in [0.25, 0.3) is 0 Å². The molecule has 2 rings (SSSR count). The zero-order valence-electron chi connectivity index (χ0n) is 12.2. The van der Waals surface area contributed by atoms with Gasteiger partial charge in [0.1, 0.15) is 0 Å². The van der Waals surface area contributed by atoms with Crippen LogP contribution in [0, 0.1) is 0 Å². The van der Waals surface area contributed by atoms with Crippen LogP contribution >= 0.6 is 23.1 Å². The number of aliphatic hydroxyl groups is 1. The predicted molar refractivity (Wildman–Crippen MR) is 85.2 cm³/mol. The van der Waals surface area contributed by atoms with Gasteiger partial charge < -0.3 is 5.11 Å². The molecule has 19 heavy (non-hydrogen) atoms. The lowest BCUT2D eigenvalue weighted by Gasteiger charge is -2.15. The highest BCUT2D eigenvalue weighted by Gasteiger charge is 2.20. The van der Waals surface area contributed by atoms with Crippen LogP contribution in [-0.2, 0) is 11.8 Å². The van der Waals surface area contributed by atoms with Gasteiger partial charge in [-0.3, -0.25) is 0 Å². The third-order valence-electron chi connectivity index (χ3n) is 3.56. The maximum absolute atomic E-state index is 10.1. The SMILES string of the molecule is CC(C)(C)c1csc(CC(O)CSC2CCCC2)n1. The minimum atomic E-state index is -0.246. The molecule has 0 spiro atoms. The molecule has 1 unspecified atom stereocenters. The van der Waals surface area contributed by atoms with E-state index < -0.39 is 0 Å². The average molecular weight is 300 g/mol. The summed E-state index contributed by atoms with van der Waals surface area (Å²) in [5.41, 5.74) is 1.25. The van der Waals surface area contributed by atoms with Crippen molar-refractivity contribution in [2.75, 3.05) is 5.75 Å². The van der Waals surface area contributed by atoms with E-state index in [1.807, 2.05) is 11.8 Å². The molecule has 0 amide bonds. The lowest BCUT2D eigenvalue weighted by molar-refractivity contribution is 0.200. The average Bonchev–Trinajstić information content (AvgIpc) is 2.95. The Labute approximate surface area is 125 Å². The number of thioether (sulfide) groups is 1. The number of aromatic nitrogens is 1. The van der Waals surface area contributed by atoms with Crippen LogP contribution in [-0.4, -0.2) is 27.2 Å². The molecule has 1 aromatic rings. The van der Waals surface area contributed by atoms with E-state index in [0.717, 1.165) is 21.7 Å². The van der Waals surface area contributed by atoms with Gasteiger partial charge in [-0.15, -0.1) is 11.3 Å². The fourth-order valence-electron chi connectivity index (χ4n) is 2.31. The summed E-state index contributed by atoms with van der Waals surface area (Å²) in [6, 6.07) is 0. The number of thiazole rings is 1. The van der Waals surface area contributed by atoms with Gasteiger partial charge in [0, 0.05) is 28.2 Å². The van der Waals surface area contributed by atoms with E-state index in [4.69, 9.17) is 0 Å². The van der Waals surface area contributed by atoms with E-state index in [2.05, 4.69) is 31.1 Å². The Morgan fingerprint density at radius 2 is 2.11 bits per heavy atom. The summed E-state index contributed by atoms with van der Waals surface area (Å²) in [6.07, 6.45) is 5.88. The Bertz CT molecular complexity index is 391. The van der Waals surface area contributed by atoms with Gasteiger partial charge >= 0.3 is 0 Å². The van der Waals surface area contributed by atoms with Crippen molar-refractivity contribution in [1.82, 2.24) is 4.98 Å². The van der Waals surface area contributed by atoms with Gasteiger partial charge in [-0.2, -0.15) is 11.8 Å². The number of nitrogens with zero attached hydrogens (tertiary/aromatic N) is 1. The van der Waals surface area contributed by atoms with Crippen molar-refractivity contribution in [3.63, 3.8) is 0 Å². The lowest BCUT2D eigenvalue weighted by atomic mass is 9.93. The number of rotatable bonds is 5. The van der Waals surface area contributed by atoms with Crippen molar-refractivity contribution in [3.05, 3.63) is 16.1 Å². The summed E-state index contributed by atoms with van der Waals surface area (Å²) in [5, 5.41) is 14.1. The first-order valence-corrected chi connectivity index (χ1v) is 9.12. The molecule has 0 radical (unpaired) electrons. The minimum absolute atomic E-state index is 0.109. The molecule has 0 aliphatic heterocycles. The van der Waals surface area contributed by atoms with E-state index >= 15 is 0 Å². The number of hydrogen-bond donors (Lipinski definition) is 1. The van der Waals surface area contributed by atoms with Crippen LogP contribution in [0.3, 0.4) is 0 Å². The molecule has 0 aromatic carbocycles. The zero-order chi connectivity index (χ0) is 13.9. The molecule has 1 aromatic heterocycles. The molecular formula is C15H25NOS2. The van der Waals surface area contributed by atoms with Crippen molar-refractivity contribution in [2.45, 2.75) is 69.6 Å². The van der Waals surface area contributed by atoms with E-state index in [0.29, 0.717) is 6.42 Å². The normalized spacial score (nSPS) is 18.9. The second kappa shape index (κ2) is 6.59. The highest BCUT2D eigenvalue weighted by molar-refractivity contribution is 7.99. The van der Waals surface area contributed by atoms with Crippen LogP contribution < -0.4 is 0 Å². The first-order valence-electron chi connectivity index (χ1n) is 7.19.